The number of amides is 1. The van der Waals surface area contributed by atoms with Gasteiger partial charge in [-0.3, -0.25) is 9.48 Å². The molecule has 0 bridgehead atoms. The van der Waals surface area contributed by atoms with Crippen molar-refractivity contribution in [3.63, 3.8) is 0 Å². The molecule has 1 fully saturated rings. The van der Waals surface area contributed by atoms with Crippen molar-refractivity contribution in [3.05, 3.63) is 12.0 Å². The van der Waals surface area contributed by atoms with Crippen LogP contribution in [0.1, 0.15) is 30.9 Å². The van der Waals surface area contributed by atoms with Crippen molar-refractivity contribution < 1.29 is 4.79 Å². The van der Waals surface area contributed by atoms with Gasteiger partial charge in [-0.2, -0.15) is 16.9 Å². The topological polar surface area (TPSA) is 75.9 Å². The van der Waals surface area contributed by atoms with E-state index in [1.54, 1.807) is 10.9 Å². The minimum absolute atomic E-state index is 0.216. The second kappa shape index (κ2) is 7.38. The Morgan fingerprint density at radius 3 is 2.79 bits per heavy atom. The van der Waals surface area contributed by atoms with E-state index in [1.165, 1.54) is 0 Å². The minimum Gasteiger partial charge on any atom is -0.354 e. The summed E-state index contributed by atoms with van der Waals surface area (Å²) in [5.41, 5.74) is 0.701. The lowest BCUT2D eigenvalue weighted by atomic mass is 10.1. The van der Waals surface area contributed by atoms with Crippen molar-refractivity contribution in [2.75, 3.05) is 36.0 Å². The summed E-state index contributed by atoms with van der Waals surface area (Å²) in [6.45, 7) is 6.77. The summed E-state index contributed by atoms with van der Waals surface area (Å²) in [6, 6.07) is 0. The molecule has 1 N–H and O–H groups in total. The molecule has 1 amide bonds. The van der Waals surface area contributed by atoms with Crippen LogP contribution >= 0.6 is 11.8 Å². The molecule has 0 spiro atoms. The van der Waals surface area contributed by atoms with Crippen LogP contribution in [0.2, 0.25) is 0 Å². The third-order valence-corrected chi connectivity index (χ3v) is 5.04. The van der Waals surface area contributed by atoms with Crippen LogP contribution in [0.5, 0.6) is 0 Å². The lowest BCUT2D eigenvalue weighted by molar-refractivity contribution is 0.0942. The average molecular weight is 348 g/mol. The van der Waals surface area contributed by atoms with Crippen LogP contribution in [0, 0.1) is 5.92 Å². The number of aryl methyl sites for hydroxylation is 1. The average Bonchev–Trinajstić information content (AvgIpc) is 2.96. The maximum atomic E-state index is 12.4. The van der Waals surface area contributed by atoms with E-state index in [9.17, 15) is 4.79 Å². The molecule has 0 saturated carbocycles. The standard InChI is InChI=1S/C16H24N6OS/c1-11(2)4-5-17-16(23)13-19-14-12(10-18-21(14)3)15(20-13)22-6-8-24-9-7-22/h10-11H,4-9H2,1-3H3,(H,17,23). The maximum Gasteiger partial charge on any atom is 0.289 e. The van der Waals surface area contributed by atoms with Gasteiger partial charge in [0.05, 0.1) is 11.6 Å². The second-order valence-electron chi connectivity index (χ2n) is 6.41. The monoisotopic (exact) mass is 348 g/mol. The lowest BCUT2D eigenvalue weighted by Gasteiger charge is -2.28. The van der Waals surface area contributed by atoms with Crippen molar-refractivity contribution in [3.8, 4) is 0 Å². The number of thioether (sulfide) groups is 1. The molecule has 3 heterocycles. The van der Waals surface area contributed by atoms with Gasteiger partial charge in [0.1, 0.15) is 5.82 Å². The molecule has 8 heteroatoms. The highest BCUT2D eigenvalue weighted by atomic mass is 32.2. The summed E-state index contributed by atoms with van der Waals surface area (Å²) < 4.78 is 1.70. The Kier molecular flexibility index (Phi) is 5.23. The number of nitrogens with zero attached hydrogens (tertiary/aromatic N) is 5. The van der Waals surface area contributed by atoms with Gasteiger partial charge in [0, 0.05) is 38.2 Å². The number of rotatable bonds is 5. The van der Waals surface area contributed by atoms with Gasteiger partial charge in [0.15, 0.2) is 5.65 Å². The zero-order chi connectivity index (χ0) is 17.1. The van der Waals surface area contributed by atoms with E-state index in [2.05, 4.69) is 39.1 Å². The van der Waals surface area contributed by atoms with Crippen molar-refractivity contribution in [2.45, 2.75) is 20.3 Å². The van der Waals surface area contributed by atoms with Gasteiger partial charge in [-0.15, -0.1) is 0 Å². The molecule has 2 aromatic rings. The van der Waals surface area contributed by atoms with Crippen molar-refractivity contribution in [2.24, 2.45) is 13.0 Å². The number of hydrogen-bond donors (Lipinski definition) is 1. The number of anilines is 1. The highest BCUT2D eigenvalue weighted by Gasteiger charge is 2.21. The zero-order valence-electron chi connectivity index (χ0n) is 14.4. The van der Waals surface area contributed by atoms with Gasteiger partial charge in [-0.25, -0.2) is 9.97 Å². The van der Waals surface area contributed by atoms with E-state index >= 15 is 0 Å². The predicted octanol–water partition coefficient (Wildman–Crippen LogP) is 1.69. The molecular formula is C16H24N6OS. The summed E-state index contributed by atoms with van der Waals surface area (Å²) in [7, 11) is 1.84. The van der Waals surface area contributed by atoms with Gasteiger partial charge in [-0.05, 0) is 12.3 Å². The van der Waals surface area contributed by atoms with E-state index < -0.39 is 0 Å². The van der Waals surface area contributed by atoms with E-state index in [0.717, 1.165) is 42.2 Å². The number of aromatic nitrogens is 4. The van der Waals surface area contributed by atoms with Crippen LogP contribution in [0.15, 0.2) is 6.20 Å². The Labute approximate surface area is 146 Å². The summed E-state index contributed by atoms with van der Waals surface area (Å²) in [4.78, 5) is 23.7. The Hall–Kier alpha value is -1.83. The molecule has 1 saturated heterocycles. The molecule has 3 rings (SSSR count). The summed E-state index contributed by atoms with van der Waals surface area (Å²) in [5.74, 6) is 3.52. The quantitative estimate of drug-likeness (QED) is 0.886. The molecule has 2 aromatic heterocycles. The molecule has 7 nitrogen and oxygen atoms in total. The first kappa shape index (κ1) is 17.0. The highest BCUT2D eigenvalue weighted by molar-refractivity contribution is 7.99. The first-order chi connectivity index (χ1) is 11.6. The Morgan fingerprint density at radius 1 is 1.33 bits per heavy atom. The number of hydrogen-bond acceptors (Lipinski definition) is 6. The highest BCUT2D eigenvalue weighted by Crippen LogP contribution is 2.25. The van der Waals surface area contributed by atoms with Gasteiger partial charge >= 0.3 is 0 Å². The maximum absolute atomic E-state index is 12.4. The minimum atomic E-state index is -0.216. The number of carbonyl (C=O) groups is 1. The van der Waals surface area contributed by atoms with E-state index in [0.29, 0.717) is 18.1 Å². The summed E-state index contributed by atoms with van der Waals surface area (Å²) >= 11 is 1.94. The fourth-order valence-electron chi connectivity index (χ4n) is 2.68. The van der Waals surface area contributed by atoms with Gasteiger partial charge in [0.2, 0.25) is 5.82 Å². The van der Waals surface area contributed by atoms with Crippen LogP contribution < -0.4 is 10.2 Å². The summed E-state index contributed by atoms with van der Waals surface area (Å²) in [6.07, 6.45) is 2.72. The molecule has 1 aliphatic rings. The van der Waals surface area contributed by atoms with Crippen molar-refractivity contribution in [1.82, 2.24) is 25.1 Å². The third kappa shape index (κ3) is 3.63. The first-order valence-corrected chi connectivity index (χ1v) is 9.52. The second-order valence-corrected chi connectivity index (χ2v) is 7.64. The molecule has 0 atom stereocenters. The number of nitrogens with one attached hydrogen (secondary N) is 1. The molecule has 0 unspecified atom stereocenters. The SMILES string of the molecule is CC(C)CCNC(=O)c1nc(N2CCSCC2)c2cnn(C)c2n1. The molecule has 0 aromatic carbocycles. The van der Waals surface area contributed by atoms with Gasteiger partial charge in [-0.1, -0.05) is 13.8 Å². The Morgan fingerprint density at radius 2 is 2.08 bits per heavy atom. The van der Waals surface area contributed by atoms with Crippen molar-refractivity contribution >= 4 is 34.5 Å². The molecule has 0 radical (unpaired) electrons. The molecule has 1 aliphatic heterocycles. The van der Waals surface area contributed by atoms with E-state index in [-0.39, 0.29) is 11.7 Å². The zero-order valence-corrected chi connectivity index (χ0v) is 15.3. The first-order valence-electron chi connectivity index (χ1n) is 8.37. The fraction of sp³-hybridized carbons (Fsp3) is 0.625. The predicted molar refractivity (Wildman–Crippen MR) is 97.6 cm³/mol. The smallest absolute Gasteiger partial charge is 0.289 e. The molecule has 0 aliphatic carbocycles. The van der Waals surface area contributed by atoms with Crippen LogP contribution in [0.4, 0.5) is 5.82 Å². The summed E-state index contributed by atoms with van der Waals surface area (Å²) in [5, 5.41) is 8.11. The van der Waals surface area contributed by atoms with Crippen LogP contribution in [-0.2, 0) is 7.05 Å². The molecule has 24 heavy (non-hydrogen) atoms. The van der Waals surface area contributed by atoms with E-state index in [1.807, 2.05) is 18.8 Å². The number of carbonyl (C=O) groups excluding carboxylic acids is 1. The van der Waals surface area contributed by atoms with Gasteiger partial charge in [0.25, 0.3) is 5.91 Å². The van der Waals surface area contributed by atoms with Crippen LogP contribution in [0.3, 0.4) is 0 Å². The third-order valence-electron chi connectivity index (χ3n) is 4.09. The Bertz CT molecular complexity index is 723. The molecular weight excluding hydrogens is 324 g/mol. The Balaban J connectivity index is 1.90. The lowest BCUT2D eigenvalue weighted by Crippen LogP contribution is -2.34. The molecule has 130 valence electrons. The van der Waals surface area contributed by atoms with E-state index in [4.69, 9.17) is 0 Å². The van der Waals surface area contributed by atoms with Crippen LogP contribution in [-0.4, -0.2) is 56.8 Å². The normalized spacial score (nSPS) is 15.2. The number of fused-ring (bicyclic) bond motifs is 1. The van der Waals surface area contributed by atoms with Crippen molar-refractivity contribution in [1.29, 1.82) is 0 Å². The fourth-order valence-corrected chi connectivity index (χ4v) is 3.58. The van der Waals surface area contributed by atoms with Gasteiger partial charge < -0.3 is 10.2 Å². The largest absolute Gasteiger partial charge is 0.354 e. The van der Waals surface area contributed by atoms with Crippen LogP contribution in [0.25, 0.3) is 11.0 Å².